The maximum absolute atomic E-state index is 4.21. The molecule has 0 aliphatic carbocycles. The molecule has 0 aliphatic heterocycles. The molecule has 18 heavy (non-hydrogen) atoms. The van der Waals surface area contributed by atoms with E-state index in [-0.39, 0.29) is 5.41 Å². The zero-order valence-corrected chi connectivity index (χ0v) is 12.7. The highest BCUT2D eigenvalue weighted by atomic mass is 15.2. The third-order valence-electron chi connectivity index (χ3n) is 3.57. The average Bonchev–Trinajstić information content (AvgIpc) is 2.63. The summed E-state index contributed by atoms with van der Waals surface area (Å²) < 4.78 is 1.86. The van der Waals surface area contributed by atoms with E-state index in [0.717, 1.165) is 19.6 Å². The third kappa shape index (κ3) is 4.42. The first kappa shape index (κ1) is 15.2. The topological polar surface area (TPSA) is 33.1 Å². The lowest BCUT2D eigenvalue weighted by atomic mass is 9.84. The van der Waals surface area contributed by atoms with Crippen LogP contribution in [0, 0.1) is 5.41 Å². The van der Waals surface area contributed by atoms with Crippen molar-refractivity contribution in [3.63, 3.8) is 0 Å². The van der Waals surface area contributed by atoms with E-state index in [0.29, 0.717) is 6.04 Å². The van der Waals surface area contributed by atoms with E-state index in [1.54, 1.807) is 0 Å². The van der Waals surface area contributed by atoms with Gasteiger partial charge < -0.3 is 10.2 Å². The standard InChI is InChI=1S/C14H28N4/c1-7-15-12(2)14(3,4)11-17(5)9-13-8-16-18(6)10-13/h8,10,12,15H,7,9,11H2,1-6H3. The molecule has 0 amide bonds. The van der Waals surface area contributed by atoms with Crippen LogP contribution in [-0.2, 0) is 13.6 Å². The van der Waals surface area contributed by atoms with Crippen molar-refractivity contribution in [2.45, 2.75) is 40.3 Å². The van der Waals surface area contributed by atoms with Crippen LogP contribution in [0.2, 0.25) is 0 Å². The van der Waals surface area contributed by atoms with Gasteiger partial charge in [-0.25, -0.2) is 0 Å². The predicted octanol–water partition coefficient (Wildman–Crippen LogP) is 1.88. The van der Waals surface area contributed by atoms with Crippen LogP contribution in [0.15, 0.2) is 12.4 Å². The molecule has 104 valence electrons. The second-order valence-electron chi connectivity index (χ2n) is 5.96. The van der Waals surface area contributed by atoms with Gasteiger partial charge in [-0.2, -0.15) is 5.10 Å². The molecule has 1 aromatic heterocycles. The Morgan fingerprint density at radius 3 is 2.67 bits per heavy atom. The van der Waals surface area contributed by atoms with Gasteiger partial charge in [-0.15, -0.1) is 0 Å². The molecule has 0 saturated heterocycles. The summed E-state index contributed by atoms with van der Waals surface area (Å²) in [5.74, 6) is 0. The van der Waals surface area contributed by atoms with E-state index in [1.165, 1.54) is 5.56 Å². The smallest absolute Gasteiger partial charge is 0.0534 e. The zero-order valence-electron chi connectivity index (χ0n) is 12.7. The number of aryl methyl sites for hydroxylation is 1. The summed E-state index contributed by atoms with van der Waals surface area (Å²) in [5, 5.41) is 7.72. The molecule has 1 atom stereocenters. The van der Waals surface area contributed by atoms with Crippen LogP contribution in [0.3, 0.4) is 0 Å². The fourth-order valence-corrected chi connectivity index (χ4v) is 2.34. The quantitative estimate of drug-likeness (QED) is 0.804. The van der Waals surface area contributed by atoms with Gasteiger partial charge in [0.2, 0.25) is 0 Å². The Hall–Kier alpha value is -0.870. The van der Waals surface area contributed by atoms with Gasteiger partial charge in [-0.3, -0.25) is 4.68 Å². The van der Waals surface area contributed by atoms with Crippen LogP contribution < -0.4 is 5.32 Å². The summed E-state index contributed by atoms with van der Waals surface area (Å²) >= 11 is 0. The molecule has 0 fully saturated rings. The minimum atomic E-state index is 0.257. The van der Waals surface area contributed by atoms with Crippen molar-refractivity contribution in [3.05, 3.63) is 18.0 Å². The van der Waals surface area contributed by atoms with E-state index < -0.39 is 0 Å². The number of aromatic nitrogens is 2. The van der Waals surface area contributed by atoms with Crippen LogP contribution in [0.5, 0.6) is 0 Å². The molecule has 0 aliphatic rings. The Bertz CT molecular complexity index is 356. The third-order valence-corrected chi connectivity index (χ3v) is 3.57. The maximum atomic E-state index is 4.21. The molecule has 0 spiro atoms. The highest BCUT2D eigenvalue weighted by Crippen LogP contribution is 2.22. The summed E-state index contributed by atoms with van der Waals surface area (Å²) in [4.78, 5) is 2.37. The molecule has 0 aromatic carbocycles. The predicted molar refractivity (Wildman–Crippen MR) is 76.5 cm³/mol. The van der Waals surface area contributed by atoms with Crippen LogP contribution in [0.1, 0.15) is 33.3 Å². The second kappa shape index (κ2) is 6.34. The van der Waals surface area contributed by atoms with E-state index in [1.807, 2.05) is 17.9 Å². The van der Waals surface area contributed by atoms with Gasteiger partial charge in [0, 0.05) is 37.9 Å². The first-order valence-corrected chi connectivity index (χ1v) is 6.74. The molecule has 4 heteroatoms. The first-order chi connectivity index (χ1) is 8.35. The summed E-state index contributed by atoms with van der Waals surface area (Å²) in [6.07, 6.45) is 4.02. The summed E-state index contributed by atoms with van der Waals surface area (Å²) in [7, 11) is 4.13. The minimum Gasteiger partial charge on any atom is -0.314 e. The summed E-state index contributed by atoms with van der Waals surface area (Å²) in [5.41, 5.74) is 1.53. The molecular formula is C14H28N4. The number of nitrogens with one attached hydrogen (secondary N) is 1. The Kier molecular flexibility index (Phi) is 5.35. The van der Waals surface area contributed by atoms with Crippen LogP contribution >= 0.6 is 0 Å². The van der Waals surface area contributed by atoms with Gasteiger partial charge in [0.1, 0.15) is 0 Å². The van der Waals surface area contributed by atoms with Crippen LogP contribution in [0.25, 0.3) is 0 Å². The molecule has 0 radical (unpaired) electrons. The lowest BCUT2D eigenvalue weighted by Gasteiger charge is -2.36. The van der Waals surface area contributed by atoms with Crippen molar-refractivity contribution in [1.82, 2.24) is 20.0 Å². The molecular weight excluding hydrogens is 224 g/mol. The molecule has 1 unspecified atom stereocenters. The van der Waals surface area contributed by atoms with Crippen molar-refractivity contribution >= 4 is 0 Å². The van der Waals surface area contributed by atoms with Crippen LogP contribution in [-0.4, -0.2) is 40.9 Å². The largest absolute Gasteiger partial charge is 0.314 e. The number of nitrogens with zero attached hydrogens (tertiary/aromatic N) is 3. The van der Waals surface area contributed by atoms with Crippen molar-refractivity contribution < 1.29 is 0 Å². The first-order valence-electron chi connectivity index (χ1n) is 6.74. The fourth-order valence-electron chi connectivity index (χ4n) is 2.34. The van der Waals surface area contributed by atoms with Crippen molar-refractivity contribution in [1.29, 1.82) is 0 Å². The van der Waals surface area contributed by atoms with Gasteiger partial charge in [-0.05, 0) is 25.9 Å². The van der Waals surface area contributed by atoms with E-state index >= 15 is 0 Å². The normalized spacial score (nSPS) is 14.2. The van der Waals surface area contributed by atoms with Gasteiger partial charge in [0.25, 0.3) is 0 Å². The van der Waals surface area contributed by atoms with Gasteiger partial charge in [-0.1, -0.05) is 20.8 Å². The minimum absolute atomic E-state index is 0.257. The summed E-state index contributed by atoms with van der Waals surface area (Å²) in [6.45, 7) is 12.1. The number of hydrogen-bond acceptors (Lipinski definition) is 3. The number of hydrogen-bond donors (Lipinski definition) is 1. The fraction of sp³-hybridized carbons (Fsp3) is 0.786. The highest BCUT2D eigenvalue weighted by Gasteiger charge is 2.26. The molecule has 0 bridgehead atoms. The molecule has 4 nitrogen and oxygen atoms in total. The van der Waals surface area contributed by atoms with E-state index in [9.17, 15) is 0 Å². The average molecular weight is 252 g/mol. The molecule has 1 N–H and O–H groups in total. The SMILES string of the molecule is CCNC(C)C(C)(C)CN(C)Cc1cnn(C)c1. The molecule has 1 heterocycles. The van der Waals surface area contributed by atoms with Crippen molar-refractivity contribution in [2.24, 2.45) is 12.5 Å². The summed E-state index contributed by atoms with van der Waals surface area (Å²) in [6, 6.07) is 0.513. The Labute approximate surface area is 111 Å². The Balaban J connectivity index is 2.50. The Morgan fingerprint density at radius 1 is 1.50 bits per heavy atom. The van der Waals surface area contributed by atoms with Gasteiger partial charge in [0.05, 0.1) is 6.20 Å². The second-order valence-corrected chi connectivity index (χ2v) is 5.96. The molecule has 0 saturated carbocycles. The highest BCUT2D eigenvalue weighted by molar-refractivity contribution is 5.03. The van der Waals surface area contributed by atoms with Crippen LogP contribution in [0.4, 0.5) is 0 Å². The molecule has 1 rings (SSSR count). The van der Waals surface area contributed by atoms with E-state index in [2.05, 4.69) is 56.3 Å². The van der Waals surface area contributed by atoms with Gasteiger partial charge in [0.15, 0.2) is 0 Å². The lowest BCUT2D eigenvalue weighted by Crippen LogP contribution is -2.45. The zero-order chi connectivity index (χ0) is 13.8. The Morgan fingerprint density at radius 2 is 2.17 bits per heavy atom. The maximum Gasteiger partial charge on any atom is 0.0534 e. The number of rotatable bonds is 7. The van der Waals surface area contributed by atoms with Crippen molar-refractivity contribution in [3.8, 4) is 0 Å². The molecule has 1 aromatic rings. The van der Waals surface area contributed by atoms with Gasteiger partial charge >= 0.3 is 0 Å². The van der Waals surface area contributed by atoms with E-state index in [4.69, 9.17) is 0 Å². The van der Waals surface area contributed by atoms with Crippen molar-refractivity contribution in [2.75, 3.05) is 20.1 Å². The lowest BCUT2D eigenvalue weighted by molar-refractivity contribution is 0.161. The monoisotopic (exact) mass is 252 g/mol.